The molecule has 4 atom stereocenters. The first kappa shape index (κ1) is 10.3. The maximum Gasteiger partial charge on any atom is 0.163 e. The number of fused-ring (bicyclic) bond motifs is 1. The van der Waals surface area contributed by atoms with E-state index in [0.717, 1.165) is 0 Å². The Morgan fingerprint density at radius 2 is 2.14 bits per heavy atom. The molecule has 2 aliphatic heterocycles. The van der Waals surface area contributed by atoms with Crippen LogP contribution in [-0.2, 0) is 14.2 Å². The van der Waals surface area contributed by atoms with Crippen molar-refractivity contribution >= 4 is 0 Å². The van der Waals surface area contributed by atoms with Crippen LogP contribution in [0.2, 0.25) is 0 Å². The maximum atomic E-state index is 9.75. The molecule has 14 heavy (non-hydrogen) atoms. The number of rotatable bonds is 1. The molecule has 2 saturated heterocycles. The van der Waals surface area contributed by atoms with Crippen molar-refractivity contribution < 1.29 is 24.4 Å². The lowest BCUT2D eigenvalue weighted by Crippen LogP contribution is -2.50. The summed E-state index contributed by atoms with van der Waals surface area (Å²) in [5.41, 5.74) is 0. The van der Waals surface area contributed by atoms with Gasteiger partial charge in [-0.1, -0.05) is 0 Å². The van der Waals surface area contributed by atoms with E-state index in [9.17, 15) is 5.11 Å². The van der Waals surface area contributed by atoms with Crippen LogP contribution < -0.4 is 0 Å². The van der Waals surface area contributed by atoms with E-state index in [1.165, 1.54) is 0 Å². The van der Waals surface area contributed by atoms with E-state index >= 15 is 0 Å². The van der Waals surface area contributed by atoms with Gasteiger partial charge in [0, 0.05) is 0 Å². The summed E-state index contributed by atoms with van der Waals surface area (Å²) in [6.07, 6.45) is -1.98. The number of ether oxygens (including phenoxy) is 3. The molecule has 4 unspecified atom stereocenters. The molecule has 2 aliphatic rings. The van der Waals surface area contributed by atoms with Crippen molar-refractivity contribution in [1.29, 1.82) is 0 Å². The molecule has 0 aromatic carbocycles. The standard InChI is InChI=1S/C9H16O5/c1-9(2)12-4-6-8(14-9)7(11)5(3-10)13-6/h5-8,10-11H,3-4H2,1-2H3. The average molecular weight is 204 g/mol. The lowest BCUT2D eigenvalue weighted by atomic mass is 10.1. The summed E-state index contributed by atoms with van der Waals surface area (Å²) in [5, 5.41) is 18.7. The van der Waals surface area contributed by atoms with Gasteiger partial charge in [0.2, 0.25) is 0 Å². The highest BCUT2D eigenvalue weighted by Gasteiger charge is 2.49. The minimum Gasteiger partial charge on any atom is -0.394 e. The molecule has 0 saturated carbocycles. The quantitative estimate of drug-likeness (QED) is 0.588. The molecular weight excluding hydrogens is 188 g/mol. The molecule has 2 heterocycles. The summed E-state index contributed by atoms with van der Waals surface area (Å²) in [6, 6.07) is 0. The van der Waals surface area contributed by atoms with Crippen molar-refractivity contribution in [3.05, 3.63) is 0 Å². The van der Waals surface area contributed by atoms with Crippen LogP contribution in [0.5, 0.6) is 0 Å². The summed E-state index contributed by atoms with van der Waals surface area (Å²) >= 11 is 0. The van der Waals surface area contributed by atoms with Crippen LogP contribution in [0.4, 0.5) is 0 Å². The zero-order valence-corrected chi connectivity index (χ0v) is 8.34. The Morgan fingerprint density at radius 3 is 2.79 bits per heavy atom. The summed E-state index contributed by atoms with van der Waals surface area (Å²) < 4.78 is 16.3. The Kier molecular flexibility index (Phi) is 2.53. The van der Waals surface area contributed by atoms with Gasteiger partial charge in [0.15, 0.2) is 5.79 Å². The number of hydrogen-bond donors (Lipinski definition) is 2. The highest BCUT2D eigenvalue weighted by molar-refractivity contribution is 4.94. The van der Waals surface area contributed by atoms with Gasteiger partial charge < -0.3 is 24.4 Å². The molecule has 5 nitrogen and oxygen atoms in total. The van der Waals surface area contributed by atoms with Gasteiger partial charge in [0.1, 0.15) is 24.4 Å². The molecular formula is C9H16O5. The van der Waals surface area contributed by atoms with Crippen molar-refractivity contribution in [3.8, 4) is 0 Å². The van der Waals surface area contributed by atoms with Crippen molar-refractivity contribution in [1.82, 2.24) is 0 Å². The van der Waals surface area contributed by atoms with Gasteiger partial charge in [-0.25, -0.2) is 0 Å². The Balaban J connectivity index is 2.07. The Morgan fingerprint density at radius 1 is 1.43 bits per heavy atom. The SMILES string of the molecule is CC1(C)OCC2OC(CO)C(O)C2O1. The van der Waals surface area contributed by atoms with Crippen LogP contribution >= 0.6 is 0 Å². The second-order valence-corrected chi connectivity index (χ2v) is 4.18. The van der Waals surface area contributed by atoms with E-state index in [4.69, 9.17) is 19.3 Å². The normalized spacial score (nSPS) is 46.3. The predicted molar refractivity (Wildman–Crippen MR) is 46.7 cm³/mol. The van der Waals surface area contributed by atoms with Gasteiger partial charge in [-0.05, 0) is 13.8 Å². The van der Waals surface area contributed by atoms with Gasteiger partial charge in [0.25, 0.3) is 0 Å². The van der Waals surface area contributed by atoms with Crippen molar-refractivity contribution in [2.24, 2.45) is 0 Å². The van der Waals surface area contributed by atoms with Gasteiger partial charge in [0.05, 0.1) is 13.2 Å². The van der Waals surface area contributed by atoms with E-state index in [1.807, 2.05) is 0 Å². The molecule has 82 valence electrons. The van der Waals surface area contributed by atoms with Crippen LogP contribution in [0.25, 0.3) is 0 Å². The average Bonchev–Trinajstić information content (AvgIpc) is 2.42. The minimum atomic E-state index is -0.770. The van der Waals surface area contributed by atoms with Crippen molar-refractivity contribution in [2.75, 3.05) is 13.2 Å². The molecule has 0 bridgehead atoms. The van der Waals surface area contributed by atoms with Crippen LogP contribution in [0, 0.1) is 0 Å². The zero-order chi connectivity index (χ0) is 10.3. The molecule has 0 amide bonds. The summed E-state index contributed by atoms with van der Waals surface area (Å²) in [7, 11) is 0. The number of aliphatic hydroxyl groups excluding tert-OH is 2. The fourth-order valence-corrected chi connectivity index (χ4v) is 1.89. The summed E-state index contributed by atoms with van der Waals surface area (Å²) in [6.45, 7) is 3.79. The van der Waals surface area contributed by atoms with E-state index in [2.05, 4.69) is 0 Å². The third-order valence-corrected chi connectivity index (χ3v) is 2.63. The second kappa shape index (κ2) is 3.43. The largest absolute Gasteiger partial charge is 0.394 e. The van der Waals surface area contributed by atoms with Crippen LogP contribution in [-0.4, -0.2) is 53.6 Å². The third kappa shape index (κ3) is 1.66. The molecule has 5 heteroatoms. The first-order valence-corrected chi connectivity index (χ1v) is 4.79. The summed E-state index contributed by atoms with van der Waals surface area (Å²) in [4.78, 5) is 0. The summed E-state index contributed by atoms with van der Waals surface area (Å²) in [5.74, 6) is -0.685. The van der Waals surface area contributed by atoms with E-state index in [-0.39, 0.29) is 12.7 Å². The Labute approximate surface area is 82.6 Å². The van der Waals surface area contributed by atoms with E-state index < -0.39 is 24.1 Å². The van der Waals surface area contributed by atoms with Gasteiger partial charge >= 0.3 is 0 Å². The molecule has 0 aliphatic carbocycles. The Hall–Kier alpha value is -0.200. The van der Waals surface area contributed by atoms with E-state index in [0.29, 0.717) is 6.61 Å². The highest BCUT2D eigenvalue weighted by atomic mass is 16.7. The van der Waals surface area contributed by atoms with Crippen LogP contribution in [0.3, 0.4) is 0 Å². The third-order valence-electron chi connectivity index (χ3n) is 2.63. The molecule has 0 aromatic heterocycles. The second-order valence-electron chi connectivity index (χ2n) is 4.18. The lowest BCUT2D eigenvalue weighted by molar-refractivity contribution is -0.300. The number of aliphatic hydroxyl groups is 2. The first-order chi connectivity index (χ1) is 6.53. The van der Waals surface area contributed by atoms with E-state index in [1.54, 1.807) is 13.8 Å². The first-order valence-electron chi connectivity index (χ1n) is 4.79. The molecule has 0 spiro atoms. The van der Waals surface area contributed by atoms with Gasteiger partial charge in [-0.3, -0.25) is 0 Å². The minimum absolute atomic E-state index is 0.196. The number of hydrogen-bond acceptors (Lipinski definition) is 5. The molecule has 2 N–H and O–H groups in total. The van der Waals surface area contributed by atoms with Gasteiger partial charge in [-0.15, -0.1) is 0 Å². The predicted octanol–water partition coefficient (Wildman–Crippen LogP) is -0.742. The molecule has 0 radical (unpaired) electrons. The molecule has 2 rings (SSSR count). The lowest BCUT2D eigenvalue weighted by Gasteiger charge is -2.37. The van der Waals surface area contributed by atoms with Crippen molar-refractivity contribution in [2.45, 2.75) is 44.1 Å². The van der Waals surface area contributed by atoms with Gasteiger partial charge in [-0.2, -0.15) is 0 Å². The Bertz CT molecular complexity index is 215. The van der Waals surface area contributed by atoms with Crippen molar-refractivity contribution in [3.63, 3.8) is 0 Å². The monoisotopic (exact) mass is 204 g/mol. The van der Waals surface area contributed by atoms with Crippen LogP contribution in [0.1, 0.15) is 13.8 Å². The topological polar surface area (TPSA) is 68.2 Å². The highest BCUT2D eigenvalue weighted by Crippen LogP contribution is 2.32. The van der Waals surface area contributed by atoms with Crippen LogP contribution in [0.15, 0.2) is 0 Å². The molecule has 2 fully saturated rings. The molecule has 0 aromatic rings. The zero-order valence-electron chi connectivity index (χ0n) is 8.34. The maximum absolute atomic E-state index is 9.75. The fourth-order valence-electron chi connectivity index (χ4n) is 1.89. The fraction of sp³-hybridized carbons (Fsp3) is 1.00. The smallest absolute Gasteiger partial charge is 0.163 e.